The topological polar surface area (TPSA) is 30.5 Å². The van der Waals surface area contributed by atoms with Crippen LogP contribution in [0.3, 0.4) is 0 Å². The average molecular weight is 279 g/mol. The van der Waals surface area contributed by atoms with Crippen molar-refractivity contribution in [3.8, 4) is 5.75 Å². The Hall–Kier alpha value is -1.06. The molecule has 20 heavy (non-hydrogen) atoms. The van der Waals surface area contributed by atoms with E-state index in [4.69, 9.17) is 9.47 Å². The standard InChI is InChI=1S/C17H29NO2/c1-6-10-18-15(4)16-8-7-13(2)12-17(16)20-14(3)9-11-19-5/h7-8,12,14-15,18H,6,9-11H2,1-5H3. The second kappa shape index (κ2) is 8.98. The van der Waals surface area contributed by atoms with Crippen LogP contribution in [0, 0.1) is 6.92 Å². The molecule has 0 saturated carbocycles. The molecule has 0 aliphatic carbocycles. The van der Waals surface area contributed by atoms with Gasteiger partial charge in [-0.15, -0.1) is 0 Å². The van der Waals surface area contributed by atoms with Crippen molar-refractivity contribution >= 4 is 0 Å². The average Bonchev–Trinajstić information content (AvgIpc) is 2.42. The Labute approximate surface area is 123 Å². The minimum absolute atomic E-state index is 0.161. The molecule has 0 aromatic heterocycles. The Morgan fingerprint density at radius 3 is 2.65 bits per heavy atom. The number of hydrogen-bond acceptors (Lipinski definition) is 3. The van der Waals surface area contributed by atoms with Gasteiger partial charge in [-0.3, -0.25) is 0 Å². The van der Waals surface area contributed by atoms with Crippen molar-refractivity contribution in [2.24, 2.45) is 0 Å². The van der Waals surface area contributed by atoms with E-state index >= 15 is 0 Å². The highest BCUT2D eigenvalue weighted by atomic mass is 16.5. The highest BCUT2D eigenvalue weighted by Crippen LogP contribution is 2.27. The van der Waals surface area contributed by atoms with Gasteiger partial charge in [-0.05, 0) is 45.4 Å². The third-order valence-corrected chi connectivity index (χ3v) is 3.39. The number of hydrogen-bond donors (Lipinski definition) is 1. The van der Waals surface area contributed by atoms with Crippen LogP contribution in [0.1, 0.15) is 50.8 Å². The lowest BCUT2D eigenvalue weighted by atomic mass is 10.0. The maximum absolute atomic E-state index is 6.11. The van der Waals surface area contributed by atoms with Crippen LogP contribution >= 0.6 is 0 Å². The van der Waals surface area contributed by atoms with E-state index in [1.54, 1.807) is 7.11 Å². The third kappa shape index (κ3) is 5.51. The molecule has 3 heteroatoms. The Kier molecular flexibility index (Phi) is 7.63. The van der Waals surface area contributed by atoms with Crippen LogP contribution in [-0.4, -0.2) is 26.4 Å². The summed E-state index contributed by atoms with van der Waals surface area (Å²) in [5.74, 6) is 0.990. The molecule has 2 unspecified atom stereocenters. The summed E-state index contributed by atoms with van der Waals surface area (Å²) in [6, 6.07) is 6.75. The molecule has 0 fully saturated rings. The smallest absolute Gasteiger partial charge is 0.124 e. The Morgan fingerprint density at radius 2 is 2.00 bits per heavy atom. The van der Waals surface area contributed by atoms with E-state index in [2.05, 4.69) is 51.2 Å². The van der Waals surface area contributed by atoms with Gasteiger partial charge in [0, 0.05) is 31.7 Å². The summed E-state index contributed by atoms with van der Waals surface area (Å²) in [5, 5.41) is 3.52. The number of rotatable bonds is 9. The molecule has 0 spiro atoms. The van der Waals surface area contributed by atoms with Crippen LogP contribution in [0.25, 0.3) is 0 Å². The largest absolute Gasteiger partial charge is 0.490 e. The van der Waals surface area contributed by atoms with E-state index in [0.717, 1.165) is 31.7 Å². The fourth-order valence-corrected chi connectivity index (χ4v) is 2.13. The van der Waals surface area contributed by atoms with Gasteiger partial charge in [0.1, 0.15) is 5.75 Å². The van der Waals surface area contributed by atoms with E-state index < -0.39 is 0 Å². The number of methoxy groups -OCH3 is 1. The minimum Gasteiger partial charge on any atom is -0.490 e. The first-order valence-electron chi connectivity index (χ1n) is 7.58. The molecule has 1 aromatic rings. The van der Waals surface area contributed by atoms with Crippen molar-refractivity contribution in [3.63, 3.8) is 0 Å². The first kappa shape index (κ1) is 17.0. The summed E-state index contributed by atoms with van der Waals surface area (Å²) in [6.07, 6.45) is 2.20. The first-order chi connectivity index (χ1) is 9.58. The van der Waals surface area contributed by atoms with Crippen molar-refractivity contribution in [1.29, 1.82) is 0 Å². The molecule has 0 radical (unpaired) electrons. The van der Waals surface area contributed by atoms with Gasteiger partial charge in [0.2, 0.25) is 0 Å². The Bertz CT molecular complexity index is 393. The van der Waals surface area contributed by atoms with Crippen molar-refractivity contribution in [1.82, 2.24) is 5.32 Å². The zero-order valence-electron chi connectivity index (χ0n) is 13.5. The van der Waals surface area contributed by atoms with Crippen LogP contribution in [0.4, 0.5) is 0 Å². The van der Waals surface area contributed by atoms with Gasteiger partial charge in [-0.25, -0.2) is 0 Å². The minimum atomic E-state index is 0.161. The summed E-state index contributed by atoms with van der Waals surface area (Å²) in [4.78, 5) is 0. The Balaban J connectivity index is 2.78. The normalized spacial score (nSPS) is 14.1. The zero-order chi connectivity index (χ0) is 15.0. The lowest BCUT2D eigenvalue weighted by Gasteiger charge is -2.21. The number of ether oxygens (including phenoxy) is 2. The first-order valence-corrected chi connectivity index (χ1v) is 7.58. The van der Waals surface area contributed by atoms with Crippen LogP contribution in [-0.2, 0) is 4.74 Å². The third-order valence-electron chi connectivity index (χ3n) is 3.39. The fourth-order valence-electron chi connectivity index (χ4n) is 2.13. The molecule has 0 amide bonds. The van der Waals surface area contributed by atoms with Gasteiger partial charge in [0.05, 0.1) is 6.10 Å². The maximum atomic E-state index is 6.11. The summed E-state index contributed by atoms with van der Waals surface area (Å²) < 4.78 is 11.2. The van der Waals surface area contributed by atoms with E-state index in [0.29, 0.717) is 6.04 Å². The van der Waals surface area contributed by atoms with Gasteiger partial charge in [0.25, 0.3) is 0 Å². The summed E-state index contributed by atoms with van der Waals surface area (Å²) in [6.45, 7) is 10.3. The van der Waals surface area contributed by atoms with E-state index in [1.165, 1.54) is 11.1 Å². The van der Waals surface area contributed by atoms with Gasteiger partial charge < -0.3 is 14.8 Å². The number of aryl methyl sites for hydroxylation is 1. The van der Waals surface area contributed by atoms with Gasteiger partial charge in [-0.2, -0.15) is 0 Å². The molecule has 0 aliphatic rings. The molecule has 0 bridgehead atoms. The lowest BCUT2D eigenvalue weighted by molar-refractivity contribution is 0.134. The molecule has 2 atom stereocenters. The second-order valence-corrected chi connectivity index (χ2v) is 5.43. The molecule has 0 aliphatic heterocycles. The molecule has 1 aromatic carbocycles. The van der Waals surface area contributed by atoms with E-state index in [-0.39, 0.29) is 6.10 Å². The molecule has 1 N–H and O–H groups in total. The Morgan fingerprint density at radius 1 is 1.25 bits per heavy atom. The quantitative estimate of drug-likeness (QED) is 0.744. The molecule has 0 heterocycles. The molecule has 1 rings (SSSR count). The number of benzene rings is 1. The molecule has 114 valence electrons. The fraction of sp³-hybridized carbons (Fsp3) is 0.647. The molecular weight excluding hydrogens is 250 g/mol. The van der Waals surface area contributed by atoms with Crippen molar-refractivity contribution in [2.75, 3.05) is 20.3 Å². The highest BCUT2D eigenvalue weighted by molar-refractivity contribution is 5.39. The predicted molar refractivity (Wildman–Crippen MR) is 84.5 cm³/mol. The van der Waals surface area contributed by atoms with Crippen LogP contribution in [0.2, 0.25) is 0 Å². The molecular formula is C17H29NO2. The predicted octanol–water partition coefficient (Wildman–Crippen LogP) is 3.86. The zero-order valence-corrected chi connectivity index (χ0v) is 13.5. The van der Waals surface area contributed by atoms with Crippen molar-refractivity contribution in [3.05, 3.63) is 29.3 Å². The van der Waals surface area contributed by atoms with Crippen molar-refractivity contribution in [2.45, 2.75) is 52.7 Å². The molecule has 0 saturated heterocycles. The second-order valence-electron chi connectivity index (χ2n) is 5.43. The van der Waals surface area contributed by atoms with Crippen LogP contribution in [0.15, 0.2) is 18.2 Å². The van der Waals surface area contributed by atoms with Gasteiger partial charge >= 0.3 is 0 Å². The van der Waals surface area contributed by atoms with Gasteiger partial charge in [0.15, 0.2) is 0 Å². The lowest BCUT2D eigenvalue weighted by Crippen LogP contribution is -2.21. The van der Waals surface area contributed by atoms with Crippen molar-refractivity contribution < 1.29 is 9.47 Å². The SMILES string of the molecule is CCCNC(C)c1ccc(C)cc1OC(C)CCOC. The maximum Gasteiger partial charge on any atom is 0.124 e. The van der Waals surface area contributed by atoms with Crippen LogP contribution < -0.4 is 10.1 Å². The summed E-state index contributed by atoms with van der Waals surface area (Å²) in [5.41, 5.74) is 2.46. The van der Waals surface area contributed by atoms with Crippen LogP contribution in [0.5, 0.6) is 5.75 Å². The van der Waals surface area contributed by atoms with Gasteiger partial charge in [-0.1, -0.05) is 19.1 Å². The monoisotopic (exact) mass is 279 g/mol. The summed E-state index contributed by atoms with van der Waals surface area (Å²) >= 11 is 0. The summed E-state index contributed by atoms with van der Waals surface area (Å²) in [7, 11) is 1.72. The number of nitrogens with one attached hydrogen (secondary N) is 1. The van der Waals surface area contributed by atoms with E-state index in [9.17, 15) is 0 Å². The highest BCUT2D eigenvalue weighted by Gasteiger charge is 2.13. The van der Waals surface area contributed by atoms with E-state index in [1.807, 2.05) is 0 Å². The molecule has 3 nitrogen and oxygen atoms in total.